The Kier molecular flexibility index (Phi) is 5.13. The summed E-state index contributed by atoms with van der Waals surface area (Å²) in [5.41, 5.74) is 3.60. The lowest BCUT2D eigenvalue weighted by molar-refractivity contribution is 0.266. The Morgan fingerprint density at radius 1 is 0.941 bits per heavy atom. The quantitative estimate of drug-likeness (QED) is 0.497. The van der Waals surface area contributed by atoms with E-state index in [1.165, 1.54) is 70.6 Å². The van der Waals surface area contributed by atoms with E-state index in [-0.39, 0.29) is 0 Å². The third kappa shape index (κ3) is 3.36. The Morgan fingerprint density at radius 3 is 2.35 bits per heavy atom. The molecule has 2 unspecified atom stereocenters. The highest BCUT2D eigenvalue weighted by atomic mass is 14.3. The zero-order chi connectivity index (χ0) is 12.1. The van der Waals surface area contributed by atoms with Crippen LogP contribution in [0.3, 0.4) is 0 Å². The number of hydrogen-bond donors (Lipinski definition) is 0. The molecule has 0 aliphatic heterocycles. The van der Waals surface area contributed by atoms with Crippen LogP contribution >= 0.6 is 0 Å². The van der Waals surface area contributed by atoms with E-state index in [2.05, 4.69) is 13.8 Å². The van der Waals surface area contributed by atoms with Crippen LogP contribution in [-0.4, -0.2) is 0 Å². The molecule has 0 N–H and O–H groups in total. The van der Waals surface area contributed by atoms with Crippen LogP contribution < -0.4 is 0 Å². The minimum atomic E-state index is 0.974. The van der Waals surface area contributed by atoms with Gasteiger partial charge in [0.1, 0.15) is 0 Å². The predicted octanol–water partition coefficient (Wildman–Crippen LogP) is 5.87. The van der Waals surface area contributed by atoms with E-state index in [1.54, 1.807) is 5.57 Å². The lowest BCUT2D eigenvalue weighted by Gasteiger charge is -2.35. The van der Waals surface area contributed by atoms with Crippen LogP contribution in [0, 0.1) is 11.8 Å². The van der Waals surface area contributed by atoms with Crippen LogP contribution in [0.2, 0.25) is 0 Å². The highest BCUT2D eigenvalue weighted by molar-refractivity contribution is 5.18. The molecule has 2 saturated carbocycles. The molecule has 2 aliphatic rings. The van der Waals surface area contributed by atoms with Gasteiger partial charge in [-0.2, -0.15) is 0 Å². The Morgan fingerprint density at radius 2 is 1.59 bits per heavy atom. The number of hydrogen-bond acceptors (Lipinski definition) is 0. The van der Waals surface area contributed by atoms with Crippen molar-refractivity contribution in [3.05, 3.63) is 11.1 Å². The normalized spacial score (nSPS) is 34.2. The van der Waals surface area contributed by atoms with Gasteiger partial charge in [-0.3, -0.25) is 0 Å². The molecule has 2 fully saturated rings. The van der Waals surface area contributed by atoms with Crippen molar-refractivity contribution in [2.75, 3.05) is 0 Å². The molecule has 2 rings (SSSR count). The van der Waals surface area contributed by atoms with Crippen LogP contribution in [0.4, 0.5) is 0 Å². The second-order valence-corrected chi connectivity index (χ2v) is 6.26. The minimum Gasteiger partial charge on any atom is -0.0741 e. The Labute approximate surface area is 108 Å². The average molecular weight is 234 g/mol. The van der Waals surface area contributed by atoms with Crippen molar-refractivity contribution >= 4 is 0 Å². The van der Waals surface area contributed by atoms with Crippen molar-refractivity contribution in [1.82, 2.24) is 0 Å². The number of allylic oxidation sites excluding steroid dienone is 2. The molecule has 0 aromatic carbocycles. The monoisotopic (exact) mass is 234 g/mol. The maximum Gasteiger partial charge on any atom is -0.0172 e. The maximum absolute atomic E-state index is 2.39. The van der Waals surface area contributed by atoms with Crippen LogP contribution in [-0.2, 0) is 0 Å². The third-order valence-electron chi connectivity index (χ3n) is 5.21. The summed E-state index contributed by atoms with van der Waals surface area (Å²) in [7, 11) is 0. The molecule has 0 aromatic heterocycles. The minimum absolute atomic E-state index is 0.974. The van der Waals surface area contributed by atoms with E-state index >= 15 is 0 Å². The molecule has 0 heteroatoms. The lowest BCUT2D eigenvalue weighted by Crippen LogP contribution is -2.22. The van der Waals surface area contributed by atoms with Gasteiger partial charge in [0.2, 0.25) is 0 Å². The van der Waals surface area contributed by atoms with E-state index in [4.69, 9.17) is 0 Å². The van der Waals surface area contributed by atoms with Gasteiger partial charge in [0.15, 0.2) is 0 Å². The fraction of sp³-hybridized carbons (Fsp3) is 0.882. The van der Waals surface area contributed by atoms with Gasteiger partial charge in [0, 0.05) is 0 Å². The summed E-state index contributed by atoms with van der Waals surface area (Å²) < 4.78 is 0. The molecule has 0 amide bonds. The van der Waals surface area contributed by atoms with Crippen molar-refractivity contribution in [3.8, 4) is 0 Å². The number of rotatable bonds is 1. The molecular weight excluding hydrogens is 204 g/mol. The van der Waals surface area contributed by atoms with Gasteiger partial charge in [-0.15, -0.1) is 0 Å². The molecule has 98 valence electrons. The molecule has 0 spiro atoms. The first-order valence-corrected chi connectivity index (χ1v) is 8.01. The second kappa shape index (κ2) is 6.61. The van der Waals surface area contributed by atoms with Gasteiger partial charge >= 0.3 is 0 Å². The van der Waals surface area contributed by atoms with E-state index < -0.39 is 0 Å². The first kappa shape index (κ1) is 13.2. The fourth-order valence-electron chi connectivity index (χ4n) is 4.04. The highest BCUT2D eigenvalue weighted by Gasteiger charge is 2.29. The highest BCUT2D eigenvalue weighted by Crippen LogP contribution is 2.42. The van der Waals surface area contributed by atoms with E-state index in [0.29, 0.717) is 0 Å². The summed E-state index contributed by atoms with van der Waals surface area (Å²) >= 11 is 0. The summed E-state index contributed by atoms with van der Waals surface area (Å²) in [5, 5.41) is 0. The zero-order valence-electron chi connectivity index (χ0n) is 11.9. The first-order valence-electron chi connectivity index (χ1n) is 8.01. The molecule has 0 radical (unpaired) electrons. The van der Waals surface area contributed by atoms with Gasteiger partial charge in [0.05, 0.1) is 0 Å². The topological polar surface area (TPSA) is 0 Å². The fourth-order valence-corrected chi connectivity index (χ4v) is 4.04. The smallest absolute Gasteiger partial charge is 0.0172 e. The van der Waals surface area contributed by atoms with Crippen LogP contribution in [0.25, 0.3) is 0 Å². The Balaban J connectivity index is 2.13. The molecule has 0 saturated heterocycles. The van der Waals surface area contributed by atoms with Crippen molar-refractivity contribution in [1.29, 1.82) is 0 Å². The van der Waals surface area contributed by atoms with Gasteiger partial charge in [-0.05, 0) is 57.3 Å². The second-order valence-electron chi connectivity index (χ2n) is 6.26. The van der Waals surface area contributed by atoms with Gasteiger partial charge < -0.3 is 0 Å². The predicted molar refractivity (Wildman–Crippen MR) is 76.1 cm³/mol. The van der Waals surface area contributed by atoms with Gasteiger partial charge in [0.25, 0.3) is 0 Å². The molecule has 2 aliphatic carbocycles. The molecule has 0 nitrogen and oxygen atoms in total. The van der Waals surface area contributed by atoms with Gasteiger partial charge in [-0.1, -0.05) is 50.2 Å². The lowest BCUT2D eigenvalue weighted by atomic mass is 9.70. The number of fused-ring (bicyclic) bond motifs is 1. The van der Waals surface area contributed by atoms with E-state index in [9.17, 15) is 0 Å². The summed E-state index contributed by atoms with van der Waals surface area (Å²) in [6.45, 7) is 4.73. The maximum atomic E-state index is 2.39. The van der Waals surface area contributed by atoms with E-state index in [1.807, 2.05) is 5.57 Å². The first-order chi connectivity index (χ1) is 8.33. The van der Waals surface area contributed by atoms with Crippen molar-refractivity contribution in [2.24, 2.45) is 11.8 Å². The average Bonchev–Trinajstić information content (AvgIpc) is 2.48. The standard InChI is InChI=1S/C17H30/c1-3-14(2)16-13-9-11-15-10-7-5-4-6-8-12-17(15)16/h15,17H,3-13H2,1-2H3/b16-14-. The molecule has 17 heavy (non-hydrogen) atoms. The zero-order valence-corrected chi connectivity index (χ0v) is 11.9. The van der Waals surface area contributed by atoms with Crippen molar-refractivity contribution < 1.29 is 0 Å². The van der Waals surface area contributed by atoms with Crippen molar-refractivity contribution in [2.45, 2.75) is 84.5 Å². The summed E-state index contributed by atoms with van der Waals surface area (Å²) in [5.74, 6) is 2.01. The molecule has 0 heterocycles. The van der Waals surface area contributed by atoms with Crippen molar-refractivity contribution in [3.63, 3.8) is 0 Å². The van der Waals surface area contributed by atoms with E-state index in [0.717, 1.165) is 11.8 Å². The molecule has 0 bridgehead atoms. The summed E-state index contributed by atoms with van der Waals surface area (Å²) in [4.78, 5) is 0. The molecular formula is C17H30. The van der Waals surface area contributed by atoms with Crippen LogP contribution in [0.5, 0.6) is 0 Å². The summed E-state index contributed by atoms with van der Waals surface area (Å²) in [6.07, 6.45) is 16.2. The third-order valence-corrected chi connectivity index (χ3v) is 5.21. The van der Waals surface area contributed by atoms with Gasteiger partial charge in [-0.25, -0.2) is 0 Å². The molecule has 0 aromatic rings. The summed E-state index contributed by atoms with van der Waals surface area (Å²) in [6, 6.07) is 0. The van der Waals surface area contributed by atoms with Crippen LogP contribution in [0.15, 0.2) is 11.1 Å². The Bertz CT molecular complexity index is 261. The SMILES string of the molecule is CC/C(C)=C1/CCCC2CCCCCCCC12. The molecule has 2 atom stereocenters. The largest absolute Gasteiger partial charge is 0.0741 e. The van der Waals surface area contributed by atoms with Crippen LogP contribution in [0.1, 0.15) is 84.5 Å². The Hall–Kier alpha value is -0.260.